The molecule has 0 radical (unpaired) electrons. The molecule has 142 valence electrons. The summed E-state index contributed by atoms with van der Waals surface area (Å²) in [7, 11) is 0. The molecule has 2 heterocycles. The molecule has 0 fully saturated rings. The molecular weight excluding hydrogens is 357 g/mol. The Morgan fingerprint density at radius 3 is 2.64 bits per heavy atom. The minimum atomic E-state index is -0.255. The van der Waals surface area contributed by atoms with E-state index in [9.17, 15) is 4.39 Å². The van der Waals surface area contributed by atoms with Crippen LogP contribution in [0.5, 0.6) is 0 Å². The normalized spacial score (nSPS) is 10.9. The quantitative estimate of drug-likeness (QED) is 0.447. The van der Waals surface area contributed by atoms with E-state index in [1.807, 2.05) is 18.2 Å². The molecule has 0 atom stereocenters. The largest absolute Gasteiger partial charge is 0.350 e. The number of nitrogens with zero attached hydrogens (tertiary/aromatic N) is 4. The highest BCUT2D eigenvalue weighted by Gasteiger charge is 2.08. The topological polar surface area (TPSA) is 91.4 Å². The van der Waals surface area contributed by atoms with Crippen LogP contribution in [0.2, 0.25) is 0 Å². The fourth-order valence-corrected chi connectivity index (χ4v) is 2.82. The van der Waals surface area contributed by atoms with Crippen LogP contribution in [0.25, 0.3) is 10.9 Å². The van der Waals surface area contributed by atoms with Crippen LogP contribution in [0, 0.1) is 5.82 Å². The Morgan fingerprint density at radius 1 is 1.00 bits per heavy atom. The maximum atomic E-state index is 13.1. The van der Waals surface area contributed by atoms with Crippen molar-refractivity contribution in [1.82, 2.24) is 25.1 Å². The number of hydrogen-bond acceptors (Lipinski definition) is 6. The van der Waals surface area contributed by atoms with E-state index < -0.39 is 0 Å². The van der Waals surface area contributed by atoms with E-state index in [-0.39, 0.29) is 5.82 Å². The van der Waals surface area contributed by atoms with Crippen molar-refractivity contribution in [3.05, 3.63) is 65.9 Å². The summed E-state index contributed by atoms with van der Waals surface area (Å²) in [4.78, 5) is 13.4. The van der Waals surface area contributed by atoms with Crippen molar-refractivity contribution in [1.29, 1.82) is 0 Å². The zero-order valence-electron chi connectivity index (χ0n) is 15.4. The highest BCUT2D eigenvalue weighted by atomic mass is 19.1. The third-order valence-electron chi connectivity index (χ3n) is 4.22. The SMILES string of the molecule is CCCc1nc(NCc2ccc(F)cc2)nc(Nc2ccc3cn[nH]c3c2)n1. The Morgan fingerprint density at radius 2 is 1.82 bits per heavy atom. The maximum absolute atomic E-state index is 13.1. The average Bonchev–Trinajstić information content (AvgIpc) is 3.16. The van der Waals surface area contributed by atoms with Gasteiger partial charge in [0, 0.05) is 24.0 Å². The fourth-order valence-electron chi connectivity index (χ4n) is 2.82. The molecule has 4 aromatic rings. The highest BCUT2D eigenvalue weighted by molar-refractivity contribution is 5.82. The van der Waals surface area contributed by atoms with Gasteiger partial charge in [-0.05, 0) is 42.3 Å². The summed E-state index contributed by atoms with van der Waals surface area (Å²) in [5.74, 6) is 1.41. The third kappa shape index (κ3) is 4.22. The van der Waals surface area contributed by atoms with Crippen molar-refractivity contribution in [2.45, 2.75) is 26.3 Å². The molecule has 3 N–H and O–H groups in total. The summed E-state index contributed by atoms with van der Waals surface area (Å²) in [6.07, 6.45) is 3.46. The van der Waals surface area contributed by atoms with E-state index in [1.54, 1.807) is 18.3 Å². The molecule has 0 spiro atoms. The van der Waals surface area contributed by atoms with Gasteiger partial charge in [0.1, 0.15) is 11.6 Å². The van der Waals surface area contributed by atoms with Gasteiger partial charge in [-0.3, -0.25) is 5.10 Å². The molecule has 0 amide bonds. The van der Waals surface area contributed by atoms with Gasteiger partial charge in [-0.1, -0.05) is 19.1 Å². The van der Waals surface area contributed by atoms with Gasteiger partial charge in [0.25, 0.3) is 0 Å². The van der Waals surface area contributed by atoms with Crippen LogP contribution in [0.4, 0.5) is 22.0 Å². The summed E-state index contributed by atoms with van der Waals surface area (Å²) >= 11 is 0. The Balaban J connectivity index is 1.54. The van der Waals surface area contributed by atoms with E-state index in [0.717, 1.165) is 35.0 Å². The van der Waals surface area contributed by atoms with E-state index in [1.165, 1.54) is 12.1 Å². The molecule has 0 aliphatic carbocycles. The first-order chi connectivity index (χ1) is 13.7. The predicted octanol–water partition coefficient (Wildman–Crippen LogP) is 4.20. The van der Waals surface area contributed by atoms with Crippen molar-refractivity contribution in [3.8, 4) is 0 Å². The Labute approximate surface area is 161 Å². The zero-order valence-corrected chi connectivity index (χ0v) is 15.4. The zero-order chi connectivity index (χ0) is 19.3. The monoisotopic (exact) mass is 377 g/mol. The van der Waals surface area contributed by atoms with Crippen molar-refractivity contribution < 1.29 is 4.39 Å². The number of nitrogens with one attached hydrogen (secondary N) is 3. The second-order valence-electron chi connectivity index (χ2n) is 6.43. The van der Waals surface area contributed by atoms with Gasteiger partial charge < -0.3 is 10.6 Å². The number of H-pyrrole nitrogens is 1. The lowest BCUT2D eigenvalue weighted by Gasteiger charge is -2.10. The molecular formula is C20H20FN7. The minimum absolute atomic E-state index is 0.255. The van der Waals surface area contributed by atoms with E-state index in [0.29, 0.717) is 24.3 Å². The van der Waals surface area contributed by atoms with Gasteiger partial charge in [0.15, 0.2) is 0 Å². The number of hydrogen-bond donors (Lipinski definition) is 3. The van der Waals surface area contributed by atoms with Crippen molar-refractivity contribution in [2.75, 3.05) is 10.6 Å². The highest BCUT2D eigenvalue weighted by Crippen LogP contribution is 2.20. The Bertz CT molecular complexity index is 1080. The lowest BCUT2D eigenvalue weighted by Crippen LogP contribution is -2.10. The lowest BCUT2D eigenvalue weighted by molar-refractivity contribution is 0.627. The average molecular weight is 377 g/mol. The smallest absolute Gasteiger partial charge is 0.232 e. The first-order valence-corrected chi connectivity index (χ1v) is 9.13. The summed E-state index contributed by atoms with van der Waals surface area (Å²) in [6, 6.07) is 12.2. The predicted molar refractivity (Wildman–Crippen MR) is 107 cm³/mol. The molecule has 2 aromatic heterocycles. The molecule has 0 saturated carbocycles. The number of halogens is 1. The number of benzene rings is 2. The summed E-state index contributed by atoms with van der Waals surface area (Å²) in [5, 5.41) is 14.4. The first kappa shape index (κ1) is 17.8. The second-order valence-corrected chi connectivity index (χ2v) is 6.43. The molecule has 0 unspecified atom stereocenters. The second kappa shape index (κ2) is 7.99. The number of aromatic amines is 1. The molecule has 28 heavy (non-hydrogen) atoms. The number of aryl methyl sites for hydroxylation is 1. The van der Waals surface area contributed by atoms with Crippen LogP contribution < -0.4 is 10.6 Å². The molecule has 7 nitrogen and oxygen atoms in total. The van der Waals surface area contributed by atoms with Crippen molar-refractivity contribution in [3.63, 3.8) is 0 Å². The Kier molecular flexibility index (Phi) is 5.09. The fraction of sp³-hybridized carbons (Fsp3) is 0.200. The lowest BCUT2D eigenvalue weighted by atomic mass is 10.2. The summed E-state index contributed by atoms with van der Waals surface area (Å²) in [5.41, 5.74) is 2.73. The first-order valence-electron chi connectivity index (χ1n) is 9.13. The molecule has 8 heteroatoms. The Hall–Kier alpha value is -3.55. The molecule has 0 aliphatic rings. The van der Waals surface area contributed by atoms with E-state index in [4.69, 9.17) is 0 Å². The van der Waals surface area contributed by atoms with Crippen LogP contribution in [-0.2, 0) is 13.0 Å². The number of fused-ring (bicyclic) bond motifs is 1. The molecule has 2 aromatic carbocycles. The van der Waals surface area contributed by atoms with Gasteiger partial charge in [0.05, 0.1) is 11.7 Å². The maximum Gasteiger partial charge on any atom is 0.232 e. The van der Waals surface area contributed by atoms with E-state index in [2.05, 4.69) is 42.7 Å². The van der Waals surface area contributed by atoms with Crippen LogP contribution in [0.15, 0.2) is 48.7 Å². The van der Waals surface area contributed by atoms with Crippen LogP contribution in [0.1, 0.15) is 24.7 Å². The van der Waals surface area contributed by atoms with Crippen LogP contribution >= 0.6 is 0 Å². The van der Waals surface area contributed by atoms with Crippen molar-refractivity contribution >= 4 is 28.5 Å². The molecule has 4 rings (SSSR count). The van der Waals surface area contributed by atoms with Gasteiger partial charge >= 0.3 is 0 Å². The number of rotatable bonds is 7. The van der Waals surface area contributed by atoms with E-state index >= 15 is 0 Å². The van der Waals surface area contributed by atoms with Gasteiger partial charge in [0.2, 0.25) is 11.9 Å². The summed E-state index contributed by atoms with van der Waals surface area (Å²) < 4.78 is 13.1. The minimum Gasteiger partial charge on any atom is -0.350 e. The molecule has 0 bridgehead atoms. The number of aromatic nitrogens is 5. The number of anilines is 3. The van der Waals surface area contributed by atoms with Crippen LogP contribution in [0.3, 0.4) is 0 Å². The van der Waals surface area contributed by atoms with Crippen LogP contribution in [-0.4, -0.2) is 25.1 Å². The van der Waals surface area contributed by atoms with Gasteiger partial charge in [-0.2, -0.15) is 20.1 Å². The van der Waals surface area contributed by atoms with Crippen molar-refractivity contribution in [2.24, 2.45) is 0 Å². The van der Waals surface area contributed by atoms with Gasteiger partial charge in [-0.15, -0.1) is 0 Å². The van der Waals surface area contributed by atoms with Gasteiger partial charge in [-0.25, -0.2) is 4.39 Å². The molecule has 0 saturated heterocycles. The third-order valence-corrected chi connectivity index (χ3v) is 4.22. The standard InChI is InChI=1S/C20H20FN7/c1-2-3-18-25-19(22-11-13-4-7-15(21)8-5-13)27-20(26-18)24-16-9-6-14-12-23-28-17(14)10-16/h4-10,12H,2-3,11H2,1H3,(H,23,28)(H2,22,24,25,26,27). The summed E-state index contributed by atoms with van der Waals surface area (Å²) in [6.45, 7) is 2.57. The molecule has 0 aliphatic heterocycles.